The number of morpholine rings is 1. The minimum Gasteiger partial charge on any atom is -0.481 e. The molecular formula is C22H28BrN3O3. The van der Waals surface area contributed by atoms with Gasteiger partial charge in [-0.15, -0.1) is 0 Å². The lowest BCUT2D eigenvalue weighted by atomic mass is 10.2. The Morgan fingerprint density at radius 3 is 2.59 bits per heavy atom. The molecule has 0 bridgehead atoms. The van der Waals surface area contributed by atoms with Crippen molar-refractivity contribution in [3.8, 4) is 5.75 Å². The highest BCUT2D eigenvalue weighted by molar-refractivity contribution is 9.10. The van der Waals surface area contributed by atoms with Gasteiger partial charge in [-0.1, -0.05) is 15.9 Å². The maximum absolute atomic E-state index is 13.1. The van der Waals surface area contributed by atoms with Crippen LogP contribution in [0, 0.1) is 0 Å². The summed E-state index contributed by atoms with van der Waals surface area (Å²) in [5.74, 6) is 0.679. The second-order valence-corrected chi connectivity index (χ2v) is 8.05. The molecule has 1 unspecified atom stereocenters. The Balaban J connectivity index is 1.60. The van der Waals surface area contributed by atoms with E-state index in [0.29, 0.717) is 18.8 Å². The third kappa shape index (κ3) is 7.10. The van der Waals surface area contributed by atoms with Crippen molar-refractivity contribution in [2.45, 2.75) is 26.0 Å². The second-order valence-electron chi connectivity index (χ2n) is 7.14. The number of rotatable bonds is 9. The van der Waals surface area contributed by atoms with Gasteiger partial charge in [0.1, 0.15) is 5.75 Å². The van der Waals surface area contributed by atoms with Crippen LogP contribution < -0.4 is 4.74 Å². The van der Waals surface area contributed by atoms with Crippen LogP contribution in [-0.2, 0) is 16.1 Å². The summed E-state index contributed by atoms with van der Waals surface area (Å²) in [7, 11) is 0. The van der Waals surface area contributed by atoms with Crippen molar-refractivity contribution in [2.75, 3.05) is 39.4 Å². The van der Waals surface area contributed by atoms with E-state index in [4.69, 9.17) is 9.47 Å². The highest BCUT2D eigenvalue weighted by Gasteiger charge is 2.23. The third-order valence-electron chi connectivity index (χ3n) is 4.91. The Hall–Kier alpha value is -1.96. The van der Waals surface area contributed by atoms with Gasteiger partial charge in [0.25, 0.3) is 5.91 Å². The molecule has 1 amide bonds. The molecule has 0 N–H and O–H groups in total. The summed E-state index contributed by atoms with van der Waals surface area (Å²) in [4.78, 5) is 21.5. The lowest BCUT2D eigenvalue weighted by molar-refractivity contribution is -0.138. The monoisotopic (exact) mass is 461 g/mol. The van der Waals surface area contributed by atoms with Crippen molar-refractivity contribution in [1.82, 2.24) is 14.8 Å². The molecule has 3 rings (SSSR count). The van der Waals surface area contributed by atoms with Crippen LogP contribution in [0.25, 0.3) is 0 Å². The van der Waals surface area contributed by atoms with Crippen molar-refractivity contribution >= 4 is 21.8 Å². The Kier molecular flexibility index (Phi) is 8.46. The van der Waals surface area contributed by atoms with Crippen LogP contribution >= 0.6 is 15.9 Å². The van der Waals surface area contributed by atoms with Gasteiger partial charge in [-0.3, -0.25) is 14.7 Å². The number of pyridine rings is 1. The molecule has 1 fully saturated rings. The summed E-state index contributed by atoms with van der Waals surface area (Å²) in [6.07, 6.45) is 3.88. The molecule has 2 aromatic rings. The number of aromatic nitrogens is 1. The van der Waals surface area contributed by atoms with E-state index in [2.05, 4.69) is 25.8 Å². The number of benzene rings is 1. The molecule has 1 atom stereocenters. The zero-order valence-corrected chi connectivity index (χ0v) is 18.4. The Labute approximate surface area is 180 Å². The Morgan fingerprint density at radius 2 is 1.90 bits per heavy atom. The molecule has 156 valence electrons. The first-order valence-electron chi connectivity index (χ1n) is 10.0. The Morgan fingerprint density at radius 1 is 1.21 bits per heavy atom. The maximum Gasteiger partial charge on any atom is 0.263 e. The van der Waals surface area contributed by atoms with Gasteiger partial charge in [-0.25, -0.2) is 0 Å². The lowest BCUT2D eigenvalue weighted by Crippen LogP contribution is -2.42. The molecule has 1 aromatic carbocycles. The molecule has 1 aliphatic heterocycles. The van der Waals surface area contributed by atoms with Crippen molar-refractivity contribution in [3.05, 3.63) is 58.8 Å². The standard InChI is InChI=1S/C22H28BrN3O3/c1-18(29-21-5-3-20(23)4-6-21)22(27)26(17-19-7-9-24-10-8-19)12-2-11-25-13-15-28-16-14-25/h3-10,18H,2,11-17H2,1H3. The van der Waals surface area contributed by atoms with Crippen LogP contribution in [0.2, 0.25) is 0 Å². The first-order chi connectivity index (χ1) is 14.1. The van der Waals surface area contributed by atoms with Crippen molar-refractivity contribution in [2.24, 2.45) is 0 Å². The lowest BCUT2D eigenvalue weighted by Gasteiger charge is -2.29. The van der Waals surface area contributed by atoms with E-state index in [0.717, 1.165) is 49.3 Å². The summed E-state index contributed by atoms with van der Waals surface area (Å²) in [6.45, 7) is 7.51. The summed E-state index contributed by atoms with van der Waals surface area (Å²) < 4.78 is 12.3. The quantitative estimate of drug-likeness (QED) is 0.572. The minimum atomic E-state index is -0.554. The SMILES string of the molecule is CC(Oc1ccc(Br)cc1)C(=O)N(CCCN1CCOCC1)Cc1ccncc1. The molecule has 1 aromatic heterocycles. The number of hydrogen-bond donors (Lipinski definition) is 0. The zero-order chi connectivity index (χ0) is 20.5. The summed E-state index contributed by atoms with van der Waals surface area (Å²) in [5.41, 5.74) is 1.07. The molecular weight excluding hydrogens is 434 g/mol. The molecule has 0 radical (unpaired) electrons. The molecule has 0 aliphatic carbocycles. The molecule has 0 saturated carbocycles. The highest BCUT2D eigenvalue weighted by Crippen LogP contribution is 2.18. The van der Waals surface area contributed by atoms with Gasteiger partial charge >= 0.3 is 0 Å². The summed E-state index contributed by atoms with van der Waals surface area (Å²) in [5, 5.41) is 0. The van der Waals surface area contributed by atoms with Gasteiger partial charge < -0.3 is 14.4 Å². The first-order valence-corrected chi connectivity index (χ1v) is 10.8. The molecule has 1 aliphatic rings. The van der Waals surface area contributed by atoms with E-state index in [1.165, 1.54) is 0 Å². The fourth-order valence-corrected chi connectivity index (χ4v) is 3.57. The van der Waals surface area contributed by atoms with Crippen LogP contribution in [0.3, 0.4) is 0 Å². The van der Waals surface area contributed by atoms with Gasteiger partial charge in [-0.2, -0.15) is 0 Å². The predicted octanol–water partition coefficient (Wildman–Crippen LogP) is 3.36. The zero-order valence-electron chi connectivity index (χ0n) is 16.8. The van der Waals surface area contributed by atoms with E-state index >= 15 is 0 Å². The second kappa shape index (κ2) is 11.3. The number of carbonyl (C=O) groups is 1. The highest BCUT2D eigenvalue weighted by atomic mass is 79.9. The molecule has 0 spiro atoms. The van der Waals surface area contributed by atoms with Crippen LogP contribution in [0.5, 0.6) is 5.75 Å². The molecule has 2 heterocycles. The topological polar surface area (TPSA) is 54.9 Å². The average molecular weight is 462 g/mol. The smallest absolute Gasteiger partial charge is 0.263 e. The number of carbonyl (C=O) groups excluding carboxylic acids is 1. The number of nitrogens with zero attached hydrogens (tertiary/aromatic N) is 3. The first kappa shape index (κ1) is 21.7. The van der Waals surface area contributed by atoms with E-state index in [9.17, 15) is 4.79 Å². The minimum absolute atomic E-state index is 0.00768. The van der Waals surface area contributed by atoms with E-state index < -0.39 is 6.10 Å². The number of halogens is 1. The number of ether oxygens (including phenoxy) is 2. The van der Waals surface area contributed by atoms with Gasteiger partial charge in [0.05, 0.1) is 13.2 Å². The number of hydrogen-bond acceptors (Lipinski definition) is 5. The van der Waals surface area contributed by atoms with Gasteiger partial charge in [0.15, 0.2) is 6.10 Å². The normalized spacial score (nSPS) is 15.7. The summed E-state index contributed by atoms with van der Waals surface area (Å²) >= 11 is 3.41. The largest absolute Gasteiger partial charge is 0.481 e. The van der Waals surface area contributed by atoms with Crippen LogP contribution in [0.1, 0.15) is 18.9 Å². The van der Waals surface area contributed by atoms with Crippen molar-refractivity contribution in [3.63, 3.8) is 0 Å². The van der Waals surface area contributed by atoms with Crippen LogP contribution in [0.15, 0.2) is 53.3 Å². The van der Waals surface area contributed by atoms with Gasteiger partial charge in [0.2, 0.25) is 0 Å². The molecule has 6 nitrogen and oxygen atoms in total. The van der Waals surface area contributed by atoms with Gasteiger partial charge in [0, 0.05) is 49.6 Å². The summed E-state index contributed by atoms with van der Waals surface area (Å²) in [6, 6.07) is 11.4. The molecule has 29 heavy (non-hydrogen) atoms. The van der Waals surface area contributed by atoms with Crippen LogP contribution in [-0.4, -0.2) is 66.2 Å². The third-order valence-corrected chi connectivity index (χ3v) is 5.44. The maximum atomic E-state index is 13.1. The fourth-order valence-electron chi connectivity index (χ4n) is 3.31. The average Bonchev–Trinajstić information content (AvgIpc) is 2.75. The van der Waals surface area contributed by atoms with Crippen LogP contribution in [0.4, 0.5) is 0 Å². The fraction of sp³-hybridized carbons (Fsp3) is 0.455. The van der Waals surface area contributed by atoms with Crippen molar-refractivity contribution in [1.29, 1.82) is 0 Å². The van der Waals surface area contributed by atoms with E-state index in [1.807, 2.05) is 48.2 Å². The molecule has 7 heteroatoms. The number of amides is 1. The van der Waals surface area contributed by atoms with E-state index in [1.54, 1.807) is 12.4 Å². The molecule has 1 saturated heterocycles. The van der Waals surface area contributed by atoms with E-state index in [-0.39, 0.29) is 5.91 Å². The van der Waals surface area contributed by atoms with Crippen molar-refractivity contribution < 1.29 is 14.3 Å². The van der Waals surface area contributed by atoms with Gasteiger partial charge in [-0.05, 0) is 55.3 Å². The predicted molar refractivity (Wildman–Crippen MR) is 116 cm³/mol. The Bertz CT molecular complexity index is 752.